The van der Waals surface area contributed by atoms with E-state index in [1.54, 1.807) is 12.1 Å². The van der Waals surface area contributed by atoms with Gasteiger partial charge >= 0.3 is 0 Å². The minimum Gasteiger partial charge on any atom is -0.489 e. The molecule has 3 nitrogen and oxygen atoms in total. The fraction of sp³-hybridized carbons (Fsp3) is 0.462. The van der Waals surface area contributed by atoms with Crippen LogP contribution in [0.3, 0.4) is 0 Å². The van der Waals surface area contributed by atoms with Crippen molar-refractivity contribution in [3.05, 3.63) is 28.0 Å². The normalized spacial score (nSPS) is 11.7. The average Bonchev–Trinajstić information content (AvgIpc) is 2.30. The molecule has 2 N–H and O–H groups in total. The highest BCUT2D eigenvalue weighted by molar-refractivity contribution is 9.10. The molecule has 0 aromatic heterocycles. The molecule has 0 fully saturated rings. The van der Waals surface area contributed by atoms with Crippen molar-refractivity contribution in [3.8, 4) is 5.75 Å². The van der Waals surface area contributed by atoms with Crippen molar-refractivity contribution in [2.75, 3.05) is 20.7 Å². The molecule has 0 aliphatic carbocycles. The van der Waals surface area contributed by atoms with E-state index < -0.39 is 5.82 Å². The van der Waals surface area contributed by atoms with Gasteiger partial charge in [0.25, 0.3) is 0 Å². The van der Waals surface area contributed by atoms with Crippen molar-refractivity contribution >= 4 is 33.1 Å². The summed E-state index contributed by atoms with van der Waals surface area (Å²) in [6, 6.07) is 3.19. The Hall–Kier alpha value is -0.720. The number of ether oxygens (including phenoxy) is 1. The van der Waals surface area contributed by atoms with E-state index >= 15 is 0 Å². The van der Waals surface area contributed by atoms with E-state index in [4.69, 9.17) is 22.7 Å². The highest BCUT2D eigenvalue weighted by atomic mass is 79.9. The number of nitrogens with zero attached hydrogens (tertiary/aromatic N) is 1. The summed E-state index contributed by atoms with van der Waals surface area (Å²) in [6.45, 7) is 4.41. The van der Waals surface area contributed by atoms with Gasteiger partial charge in [-0.25, -0.2) is 4.39 Å². The quantitative estimate of drug-likeness (QED) is 0.830. The lowest BCUT2D eigenvalue weighted by atomic mass is 10.1. The van der Waals surface area contributed by atoms with Crippen LogP contribution >= 0.6 is 28.1 Å². The number of thiocarbonyl (C=S) groups is 1. The first kappa shape index (κ1) is 16.3. The topological polar surface area (TPSA) is 38.5 Å². The fourth-order valence-corrected chi connectivity index (χ4v) is 2.06. The number of likely N-dealkylation sites (N-methyl/N-ethyl adjacent to an activating group) is 1. The zero-order chi connectivity index (χ0) is 14.8. The maximum absolute atomic E-state index is 14.1. The minimum atomic E-state index is -0.486. The Morgan fingerprint density at radius 1 is 1.47 bits per heavy atom. The molecular weight excluding hydrogens is 331 g/mol. The van der Waals surface area contributed by atoms with Gasteiger partial charge in [0.05, 0.1) is 4.47 Å². The predicted molar refractivity (Wildman–Crippen MR) is 83.2 cm³/mol. The molecule has 0 saturated carbocycles. The van der Waals surface area contributed by atoms with Gasteiger partial charge in [-0.1, -0.05) is 12.2 Å². The Balaban J connectivity index is 2.93. The third-order valence-electron chi connectivity index (χ3n) is 3.10. The number of rotatable bonds is 5. The van der Waals surface area contributed by atoms with Gasteiger partial charge < -0.3 is 15.4 Å². The molecule has 0 saturated heterocycles. The number of hydrogen-bond acceptors (Lipinski definition) is 3. The van der Waals surface area contributed by atoms with Crippen LogP contribution in [0.2, 0.25) is 0 Å². The van der Waals surface area contributed by atoms with Gasteiger partial charge in [-0.3, -0.25) is 0 Å². The number of benzene rings is 1. The van der Waals surface area contributed by atoms with Gasteiger partial charge in [0.15, 0.2) is 11.6 Å². The van der Waals surface area contributed by atoms with Gasteiger partial charge in [0.2, 0.25) is 0 Å². The van der Waals surface area contributed by atoms with E-state index in [1.165, 1.54) is 0 Å². The van der Waals surface area contributed by atoms with Crippen LogP contribution in [-0.2, 0) is 0 Å². The third kappa shape index (κ3) is 3.87. The summed E-state index contributed by atoms with van der Waals surface area (Å²) in [7, 11) is 3.90. The van der Waals surface area contributed by atoms with Crippen LogP contribution in [-0.4, -0.2) is 36.1 Å². The van der Waals surface area contributed by atoms with Gasteiger partial charge in [0.1, 0.15) is 11.6 Å². The van der Waals surface area contributed by atoms with Gasteiger partial charge in [-0.2, -0.15) is 0 Å². The van der Waals surface area contributed by atoms with Crippen LogP contribution in [0.1, 0.15) is 19.4 Å². The fourth-order valence-electron chi connectivity index (χ4n) is 1.22. The van der Waals surface area contributed by atoms with Gasteiger partial charge in [-0.05, 0) is 56.0 Å². The van der Waals surface area contributed by atoms with Crippen LogP contribution in [0.15, 0.2) is 16.6 Å². The summed E-state index contributed by atoms with van der Waals surface area (Å²) in [4.78, 5) is 2.16. The van der Waals surface area contributed by atoms with Crippen LogP contribution in [0.5, 0.6) is 5.75 Å². The lowest BCUT2D eigenvalue weighted by molar-refractivity contribution is 0.111. The van der Waals surface area contributed by atoms with Crippen molar-refractivity contribution in [1.29, 1.82) is 0 Å². The first-order chi connectivity index (χ1) is 8.66. The zero-order valence-electron chi connectivity index (χ0n) is 11.5. The first-order valence-electron chi connectivity index (χ1n) is 5.75. The molecule has 0 spiro atoms. The third-order valence-corrected chi connectivity index (χ3v) is 4.10. The smallest absolute Gasteiger partial charge is 0.179 e. The predicted octanol–water partition coefficient (Wildman–Crippen LogP) is 2.94. The highest BCUT2D eigenvalue weighted by Crippen LogP contribution is 2.29. The van der Waals surface area contributed by atoms with Crippen LogP contribution in [0.25, 0.3) is 0 Å². The highest BCUT2D eigenvalue weighted by Gasteiger charge is 2.23. The summed E-state index contributed by atoms with van der Waals surface area (Å²) in [5, 5.41) is 0. The lowest BCUT2D eigenvalue weighted by Crippen LogP contribution is -2.43. The maximum Gasteiger partial charge on any atom is 0.179 e. The number of halogens is 2. The molecule has 0 amide bonds. The standard InChI is InChI=1S/C13H18BrFN2OS/c1-13(2,17(3)4)7-18-9-6-5-8(12(16)19)10(14)11(9)15/h5-6H,7H2,1-4H3,(H2,16,19). The molecule has 0 aliphatic heterocycles. The molecule has 1 aromatic rings. The molecule has 0 heterocycles. The van der Waals surface area contributed by atoms with Crippen molar-refractivity contribution < 1.29 is 9.13 Å². The van der Waals surface area contributed by atoms with E-state index in [-0.39, 0.29) is 20.7 Å². The largest absolute Gasteiger partial charge is 0.489 e. The molecule has 0 unspecified atom stereocenters. The molecule has 0 radical (unpaired) electrons. The summed E-state index contributed by atoms with van der Waals surface area (Å²) in [5.41, 5.74) is 5.77. The first-order valence-corrected chi connectivity index (χ1v) is 6.95. The molecule has 0 atom stereocenters. The molecule has 0 bridgehead atoms. The Morgan fingerprint density at radius 2 is 2.05 bits per heavy atom. The number of nitrogens with two attached hydrogens (primary N) is 1. The van der Waals surface area contributed by atoms with E-state index in [0.29, 0.717) is 12.2 Å². The van der Waals surface area contributed by atoms with Crippen LogP contribution < -0.4 is 10.5 Å². The molecular formula is C13H18BrFN2OS. The van der Waals surface area contributed by atoms with Crippen LogP contribution in [0, 0.1) is 5.82 Å². The molecule has 19 heavy (non-hydrogen) atoms. The molecule has 1 rings (SSSR count). The summed E-state index contributed by atoms with van der Waals surface area (Å²) < 4.78 is 19.9. The van der Waals surface area contributed by atoms with E-state index in [0.717, 1.165) is 0 Å². The SMILES string of the molecule is CN(C)C(C)(C)COc1ccc(C(N)=S)c(Br)c1F. The second-order valence-corrected chi connectivity index (χ2v) is 6.33. The van der Waals surface area contributed by atoms with Crippen LogP contribution in [0.4, 0.5) is 4.39 Å². The summed E-state index contributed by atoms with van der Waals surface area (Å²) >= 11 is 7.99. The second-order valence-electron chi connectivity index (χ2n) is 5.10. The molecule has 0 aliphatic rings. The van der Waals surface area contributed by atoms with Crippen molar-refractivity contribution in [1.82, 2.24) is 4.90 Å². The molecule has 6 heteroatoms. The Bertz CT molecular complexity index is 492. The monoisotopic (exact) mass is 348 g/mol. The Morgan fingerprint density at radius 3 is 2.53 bits per heavy atom. The average molecular weight is 349 g/mol. The van der Waals surface area contributed by atoms with Crippen molar-refractivity contribution in [2.24, 2.45) is 5.73 Å². The van der Waals surface area contributed by atoms with Crippen molar-refractivity contribution in [2.45, 2.75) is 19.4 Å². The van der Waals surface area contributed by atoms with E-state index in [2.05, 4.69) is 15.9 Å². The number of hydrogen-bond donors (Lipinski definition) is 1. The Labute approximate surface area is 127 Å². The molecule has 1 aromatic carbocycles. The minimum absolute atomic E-state index is 0.144. The lowest BCUT2D eigenvalue weighted by Gasteiger charge is -2.32. The maximum atomic E-state index is 14.1. The zero-order valence-corrected chi connectivity index (χ0v) is 13.9. The Kier molecular flexibility index (Phi) is 5.29. The second kappa shape index (κ2) is 6.15. The van der Waals surface area contributed by atoms with Gasteiger partial charge in [0, 0.05) is 11.1 Å². The molecule has 106 valence electrons. The van der Waals surface area contributed by atoms with E-state index in [9.17, 15) is 4.39 Å². The van der Waals surface area contributed by atoms with Gasteiger partial charge in [-0.15, -0.1) is 0 Å². The van der Waals surface area contributed by atoms with E-state index in [1.807, 2.05) is 32.8 Å². The summed E-state index contributed by atoms with van der Waals surface area (Å²) in [5.74, 6) is -0.304. The van der Waals surface area contributed by atoms with Crippen molar-refractivity contribution in [3.63, 3.8) is 0 Å². The summed E-state index contributed by atoms with van der Waals surface area (Å²) in [6.07, 6.45) is 0.